The van der Waals surface area contributed by atoms with Crippen LogP contribution >= 0.6 is 11.3 Å². The van der Waals surface area contributed by atoms with Gasteiger partial charge in [0.25, 0.3) is 0 Å². The minimum Gasteiger partial charge on any atom is -0.299 e. The van der Waals surface area contributed by atoms with Crippen LogP contribution < -0.4 is 9.60 Å². The van der Waals surface area contributed by atoms with Gasteiger partial charge < -0.3 is 0 Å². The second kappa shape index (κ2) is 7.51. The Bertz CT molecular complexity index is 1020. The smallest absolute Gasteiger partial charge is 0.299 e. The molecule has 2 aromatic carbocycles. The molecule has 0 saturated heterocycles. The van der Waals surface area contributed by atoms with Gasteiger partial charge in [0.05, 0.1) is 15.1 Å². The first kappa shape index (κ1) is 17.8. The fourth-order valence-corrected chi connectivity index (χ4v) is 4.80. The Kier molecular flexibility index (Phi) is 5.36. The molecule has 0 saturated carbocycles. The number of thiazole rings is 1. The number of aryl methyl sites for hydroxylation is 1. The first-order valence-electron chi connectivity index (χ1n) is 8.18. The van der Waals surface area contributed by atoms with Crippen LogP contribution in [0, 0.1) is 0 Å². The molecule has 3 aromatic rings. The highest BCUT2D eigenvalue weighted by Crippen LogP contribution is 2.22. The quantitative estimate of drug-likeness (QED) is 0.689. The third-order valence-electron chi connectivity index (χ3n) is 3.95. The van der Waals surface area contributed by atoms with E-state index in [9.17, 15) is 13.2 Å². The number of aromatic nitrogens is 1. The van der Waals surface area contributed by atoms with Gasteiger partial charge in [-0.3, -0.25) is 9.36 Å². The molecule has 0 bridgehead atoms. The second-order valence-corrected chi connectivity index (χ2v) is 8.54. The number of nitrogens with zero attached hydrogens (tertiary/aromatic N) is 1. The van der Waals surface area contributed by atoms with Crippen LogP contribution in [-0.2, 0) is 23.0 Å². The van der Waals surface area contributed by atoms with E-state index < -0.39 is 10.0 Å². The van der Waals surface area contributed by atoms with Crippen LogP contribution in [0.1, 0.15) is 18.9 Å². The summed E-state index contributed by atoms with van der Waals surface area (Å²) in [5.41, 5.74) is 1.87. The third kappa shape index (κ3) is 4.00. The second-order valence-electron chi connectivity index (χ2n) is 5.78. The lowest BCUT2D eigenvalue weighted by molar-refractivity contribution is 0.582. The number of hydrogen-bond donors (Lipinski definition) is 1. The molecule has 0 fully saturated rings. The van der Waals surface area contributed by atoms with Gasteiger partial charge in [0.1, 0.15) is 0 Å². The van der Waals surface area contributed by atoms with Crippen LogP contribution in [-0.4, -0.2) is 19.5 Å². The Morgan fingerprint density at radius 2 is 1.88 bits per heavy atom. The Labute approximate surface area is 151 Å². The van der Waals surface area contributed by atoms with Crippen molar-refractivity contribution in [2.24, 2.45) is 0 Å². The summed E-state index contributed by atoms with van der Waals surface area (Å²) in [6, 6.07) is 14.6. The van der Waals surface area contributed by atoms with E-state index in [0.29, 0.717) is 24.2 Å². The number of nitrogens with one attached hydrogen (secondary N) is 1. The van der Waals surface area contributed by atoms with Crippen molar-refractivity contribution in [2.75, 3.05) is 6.54 Å². The largest absolute Gasteiger partial charge is 0.308 e. The van der Waals surface area contributed by atoms with Gasteiger partial charge in [0, 0.05) is 13.1 Å². The molecule has 0 aliphatic heterocycles. The molecule has 132 valence electrons. The van der Waals surface area contributed by atoms with Gasteiger partial charge in [0.15, 0.2) is 0 Å². The van der Waals surface area contributed by atoms with Crippen molar-refractivity contribution in [3.63, 3.8) is 0 Å². The van der Waals surface area contributed by atoms with Crippen molar-refractivity contribution in [2.45, 2.75) is 31.2 Å². The summed E-state index contributed by atoms with van der Waals surface area (Å²) in [7, 11) is -3.59. The van der Waals surface area contributed by atoms with Crippen LogP contribution in [0.5, 0.6) is 0 Å². The van der Waals surface area contributed by atoms with Gasteiger partial charge in [0.2, 0.25) is 10.0 Å². The van der Waals surface area contributed by atoms with Gasteiger partial charge in [-0.05, 0) is 36.6 Å². The fraction of sp³-hybridized carbons (Fsp3) is 0.278. The molecule has 1 N–H and O–H groups in total. The molecular weight excluding hydrogens is 356 g/mol. The molecule has 5 nitrogen and oxygen atoms in total. The van der Waals surface area contributed by atoms with E-state index in [1.54, 1.807) is 22.8 Å². The van der Waals surface area contributed by atoms with Crippen LogP contribution in [0.15, 0.2) is 58.2 Å². The number of hydrogen-bond acceptors (Lipinski definition) is 4. The van der Waals surface area contributed by atoms with E-state index in [4.69, 9.17) is 0 Å². The zero-order valence-corrected chi connectivity index (χ0v) is 15.6. The summed E-state index contributed by atoms with van der Waals surface area (Å²) in [5, 5.41) is 0. The van der Waals surface area contributed by atoms with Gasteiger partial charge in [-0.25, -0.2) is 13.1 Å². The topological polar surface area (TPSA) is 68.2 Å². The minimum absolute atomic E-state index is 0.0524. The number of sulfonamides is 1. The highest BCUT2D eigenvalue weighted by Gasteiger charge is 2.16. The standard InChI is InChI=1S/C18H20N2O3S2/c1-2-12-20-16-9-8-15(13-17(16)24-18(20)21)25(22,23)19-11-10-14-6-4-3-5-7-14/h3-9,13,19H,2,10-12H2,1H3. The number of fused-ring (bicyclic) bond motifs is 1. The van der Waals surface area contributed by atoms with Crippen LogP contribution in [0.3, 0.4) is 0 Å². The van der Waals surface area contributed by atoms with Gasteiger partial charge >= 0.3 is 4.87 Å². The van der Waals surface area contributed by atoms with Crippen LogP contribution in [0.2, 0.25) is 0 Å². The normalized spacial score (nSPS) is 11.9. The molecule has 0 atom stereocenters. The summed E-state index contributed by atoms with van der Waals surface area (Å²) < 4.78 is 30.0. The average Bonchev–Trinajstić information content (AvgIpc) is 2.91. The summed E-state index contributed by atoms with van der Waals surface area (Å²) >= 11 is 1.08. The molecule has 1 heterocycles. The molecule has 0 unspecified atom stereocenters. The molecule has 0 amide bonds. The van der Waals surface area contributed by atoms with Gasteiger partial charge in [-0.2, -0.15) is 0 Å². The average molecular weight is 377 g/mol. The monoisotopic (exact) mass is 376 g/mol. The molecule has 3 rings (SSSR count). The number of rotatable bonds is 7. The maximum atomic E-state index is 12.5. The minimum atomic E-state index is -3.59. The predicted octanol–water partition coefficient (Wildman–Crippen LogP) is 2.99. The van der Waals surface area contributed by atoms with Crippen molar-refractivity contribution < 1.29 is 8.42 Å². The lowest BCUT2D eigenvalue weighted by Gasteiger charge is -2.07. The first-order valence-corrected chi connectivity index (χ1v) is 10.5. The Morgan fingerprint density at radius 3 is 2.60 bits per heavy atom. The van der Waals surface area contributed by atoms with E-state index in [2.05, 4.69) is 4.72 Å². The fourth-order valence-electron chi connectivity index (χ4n) is 2.71. The van der Waals surface area contributed by atoms with E-state index in [1.165, 1.54) is 0 Å². The Hall–Kier alpha value is -1.96. The lowest BCUT2D eigenvalue weighted by atomic mass is 10.2. The summed E-state index contributed by atoms with van der Waals surface area (Å²) in [6.45, 7) is 2.98. The molecule has 25 heavy (non-hydrogen) atoms. The maximum absolute atomic E-state index is 12.5. The Morgan fingerprint density at radius 1 is 1.12 bits per heavy atom. The third-order valence-corrected chi connectivity index (χ3v) is 6.35. The van der Waals surface area contributed by atoms with Crippen molar-refractivity contribution in [3.05, 3.63) is 63.8 Å². The van der Waals surface area contributed by atoms with E-state index >= 15 is 0 Å². The van der Waals surface area contributed by atoms with E-state index in [-0.39, 0.29) is 9.77 Å². The number of benzene rings is 2. The van der Waals surface area contributed by atoms with E-state index in [0.717, 1.165) is 28.8 Å². The van der Waals surface area contributed by atoms with Crippen molar-refractivity contribution in [3.8, 4) is 0 Å². The summed E-state index contributed by atoms with van der Waals surface area (Å²) in [5.74, 6) is 0. The Balaban J connectivity index is 1.79. The molecule has 7 heteroatoms. The van der Waals surface area contributed by atoms with Crippen molar-refractivity contribution >= 4 is 31.6 Å². The highest BCUT2D eigenvalue weighted by atomic mass is 32.2. The molecule has 0 aliphatic rings. The summed E-state index contributed by atoms with van der Waals surface area (Å²) in [4.78, 5) is 12.2. The van der Waals surface area contributed by atoms with Crippen molar-refractivity contribution in [1.82, 2.24) is 9.29 Å². The maximum Gasteiger partial charge on any atom is 0.308 e. The van der Waals surface area contributed by atoms with Gasteiger partial charge in [-0.15, -0.1) is 0 Å². The van der Waals surface area contributed by atoms with Gasteiger partial charge in [-0.1, -0.05) is 48.6 Å². The molecule has 0 spiro atoms. The van der Waals surface area contributed by atoms with E-state index in [1.807, 2.05) is 37.3 Å². The molecule has 0 aliphatic carbocycles. The SMILES string of the molecule is CCCn1c(=O)sc2cc(S(=O)(=O)NCCc3ccccc3)ccc21. The zero-order chi connectivity index (χ0) is 17.9. The zero-order valence-electron chi connectivity index (χ0n) is 13.9. The van der Waals surface area contributed by atoms with Crippen LogP contribution in [0.4, 0.5) is 0 Å². The molecular formula is C18H20N2O3S2. The van der Waals surface area contributed by atoms with Crippen molar-refractivity contribution in [1.29, 1.82) is 0 Å². The lowest BCUT2D eigenvalue weighted by Crippen LogP contribution is -2.26. The molecule has 0 radical (unpaired) electrons. The highest BCUT2D eigenvalue weighted by molar-refractivity contribution is 7.89. The molecule has 1 aromatic heterocycles. The predicted molar refractivity (Wildman–Crippen MR) is 102 cm³/mol. The van der Waals surface area contributed by atoms with Crippen LogP contribution in [0.25, 0.3) is 10.2 Å². The summed E-state index contributed by atoms with van der Waals surface area (Å²) in [6.07, 6.45) is 1.48. The first-order chi connectivity index (χ1) is 12.0.